The molecule has 0 unspecified atom stereocenters. The third-order valence-corrected chi connectivity index (χ3v) is 7.21. The molecule has 0 radical (unpaired) electrons. The molecule has 9 heteroatoms. The Morgan fingerprint density at radius 1 is 1.21 bits per heavy atom. The topological polar surface area (TPSA) is 114 Å². The van der Waals surface area contributed by atoms with Crippen LogP contribution >= 0.6 is 0 Å². The Kier molecular flexibility index (Phi) is 5.42. The summed E-state index contributed by atoms with van der Waals surface area (Å²) in [5, 5.41) is 0. The van der Waals surface area contributed by atoms with E-state index in [1.165, 1.54) is 6.33 Å². The smallest absolute Gasteiger partial charge is 0.212 e. The van der Waals surface area contributed by atoms with Crippen molar-refractivity contribution in [3.8, 4) is 0 Å². The van der Waals surface area contributed by atoms with Crippen LogP contribution in [0, 0.1) is 5.92 Å². The quantitative estimate of drug-likeness (QED) is 0.636. The van der Waals surface area contributed by atoms with Crippen LogP contribution in [0.25, 0.3) is 11.0 Å². The van der Waals surface area contributed by atoms with Gasteiger partial charge in [-0.3, -0.25) is 0 Å². The molecular formula is C20H25N5O3S. The summed E-state index contributed by atoms with van der Waals surface area (Å²) in [6, 6.07) is 8.25. The predicted molar refractivity (Wildman–Crippen MR) is 112 cm³/mol. The lowest BCUT2D eigenvalue weighted by atomic mass is 10.00. The molecule has 8 nitrogen and oxygen atoms in total. The van der Waals surface area contributed by atoms with Crippen LogP contribution in [0.4, 0.5) is 11.6 Å². The van der Waals surface area contributed by atoms with Crippen LogP contribution < -0.4 is 10.6 Å². The number of hydrogen-bond acceptors (Lipinski definition) is 7. The number of rotatable bonds is 6. The molecule has 1 aliphatic heterocycles. The summed E-state index contributed by atoms with van der Waals surface area (Å²) in [4.78, 5) is 14.1. The van der Waals surface area contributed by atoms with Crippen molar-refractivity contribution in [2.75, 3.05) is 36.9 Å². The number of fused-ring (bicyclic) bond motifs is 1. The van der Waals surface area contributed by atoms with Crippen LogP contribution in [0.3, 0.4) is 0 Å². The van der Waals surface area contributed by atoms with Crippen molar-refractivity contribution in [2.45, 2.75) is 29.6 Å². The van der Waals surface area contributed by atoms with Gasteiger partial charge in [-0.2, -0.15) is 0 Å². The fourth-order valence-corrected chi connectivity index (χ4v) is 5.32. The van der Waals surface area contributed by atoms with Gasteiger partial charge in [-0.15, -0.1) is 0 Å². The van der Waals surface area contributed by atoms with Crippen LogP contribution in [0.2, 0.25) is 0 Å². The number of aromatic amines is 1. The molecule has 1 saturated heterocycles. The molecule has 154 valence electrons. The van der Waals surface area contributed by atoms with Crippen LogP contribution in [0.15, 0.2) is 46.5 Å². The first-order chi connectivity index (χ1) is 14.0. The number of sulfone groups is 1. The average Bonchev–Trinajstić information content (AvgIpc) is 3.10. The second-order valence-corrected chi connectivity index (χ2v) is 9.09. The van der Waals surface area contributed by atoms with E-state index in [2.05, 4.69) is 26.8 Å². The van der Waals surface area contributed by atoms with Gasteiger partial charge in [0.15, 0.2) is 5.82 Å². The molecule has 1 fully saturated rings. The van der Waals surface area contributed by atoms with Gasteiger partial charge in [0.1, 0.15) is 28.1 Å². The van der Waals surface area contributed by atoms with Crippen molar-refractivity contribution in [2.24, 2.45) is 5.92 Å². The summed E-state index contributed by atoms with van der Waals surface area (Å²) >= 11 is 0. The number of H-pyrrole nitrogens is 1. The summed E-state index contributed by atoms with van der Waals surface area (Å²) in [5.74, 6) is 1.26. The van der Waals surface area contributed by atoms with E-state index < -0.39 is 9.84 Å². The molecule has 0 saturated carbocycles. The number of benzene rings is 1. The van der Waals surface area contributed by atoms with Gasteiger partial charge in [-0.25, -0.2) is 18.4 Å². The maximum Gasteiger partial charge on any atom is 0.212 e. The van der Waals surface area contributed by atoms with Gasteiger partial charge >= 0.3 is 0 Å². The first kappa shape index (κ1) is 19.7. The largest absolute Gasteiger partial charge is 0.384 e. The minimum absolute atomic E-state index is 0.00414. The van der Waals surface area contributed by atoms with Crippen molar-refractivity contribution in [1.82, 2.24) is 15.0 Å². The summed E-state index contributed by atoms with van der Waals surface area (Å²) in [5.41, 5.74) is 7.00. The van der Waals surface area contributed by atoms with E-state index in [1.54, 1.807) is 30.3 Å². The zero-order chi connectivity index (χ0) is 20.4. The van der Waals surface area contributed by atoms with Crippen LogP contribution in [0.5, 0.6) is 0 Å². The lowest BCUT2D eigenvalue weighted by Crippen LogP contribution is -2.33. The van der Waals surface area contributed by atoms with Gasteiger partial charge in [0.25, 0.3) is 0 Å². The van der Waals surface area contributed by atoms with Gasteiger partial charge in [0.05, 0.1) is 4.90 Å². The number of nitrogens with zero attached hydrogens (tertiary/aromatic N) is 3. The molecule has 0 aliphatic carbocycles. The average molecular weight is 416 g/mol. The lowest BCUT2D eigenvalue weighted by Gasteiger charge is -2.29. The van der Waals surface area contributed by atoms with Crippen molar-refractivity contribution < 1.29 is 13.2 Å². The Labute approximate surface area is 170 Å². The number of hydrogen-bond donors (Lipinski definition) is 2. The maximum absolute atomic E-state index is 13.2. The maximum atomic E-state index is 13.2. The molecule has 0 bridgehead atoms. The van der Waals surface area contributed by atoms with Gasteiger partial charge in [-0.05, 0) is 37.8 Å². The fourth-order valence-electron chi connectivity index (χ4n) is 3.82. The highest BCUT2D eigenvalue weighted by molar-refractivity contribution is 7.92. The molecule has 0 atom stereocenters. The first-order valence-electron chi connectivity index (χ1n) is 9.77. The summed E-state index contributed by atoms with van der Waals surface area (Å²) < 4.78 is 31.9. The van der Waals surface area contributed by atoms with E-state index in [4.69, 9.17) is 10.5 Å². The van der Waals surface area contributed by atoms with Gasteiger partial charge < -0.3 is 20.4 Å². The van der Waals surface area contributed by atoms with Crippen molar-refractivity contribution in [3.63, 3.8) is 0 Å². The van der Waals surface area contributed by atoms with Crippen LogP contribution in [0.1, 0.15) is 19.8 Å². The lowest BCUT2D eigenvalue weighted by molar-refractivity contribution is 0.0682. The van der Waals surface area contributed by atoms with Crippen LogP contribution in [-0.2, 0) is 14.6 Å². The second-order valence-electron chi connectivity index (χ2n) is 7.20. The number of aromatic nitrogens is 3. The zero-order valence-corrected chi connectivity index (χ0v) is 17.2. The molecule has 1 aliphatic rings. The van der Waals surface area contributed by atoms with E-state index in [0.717, 1.165) is 39.1 Å². The minimum atomic E-state index is -3.81. The normalized spacial score (nSPS) is 15.6. The van der Waals surface area contributed by atoms with E-state index in [1.807, 2.05) is 0 Å². The van der Waals surface area contributed by atoms with Crippen molar-refractivity contribution in [3.05, 3.63) is 36.7 Å². The molecule has 4 rings (SSSR count). The Bertz CT molecular complexity index is 1090. The minimum Gasteiger partial charge on any atom is -0.384 e. The summed E-state index contributed by atoms with van der Waals surface area (Å²) in [6.07, 6.45) is 3.41. The zero-order valence-electron chi connectivity index (χ0n) is 16.3. The SMILES string of the molecule is CCN(CC1CCOCC1)c1ncnc2c(S(=O)(=O)c3ccccc3)c(N)[nH]c12. The van der Waals surface area contributed by atoms with Crippen molar-refractivity contribution >= 4 is 32.5 Å². The molecule has 3 N–H and O–H groups in total. The third-order valence-electron chi connectivity index (χ3n) is 5.37. The Morgan fingerprint density at radius 2 is 1.93 bits per heavy atom. The van der Waals surface area contributed by atoms with E-state index in [9.17, 15) is 8.42 Å². The van der Waals surface area contributed by atoms with E-state index in [-0.39, 0.29) is 15.6 Å². The molecule has 29 heavy (non-hydrogen) atoms. The summed E-state index contributed by atoms with van der Waals surface area (Å²) in [6.45, 7) is 5.17. The molecule has 1 aromatic carbocycles. The number of ether oxygens (including phenoxy) is 1. The summed E-state index contributed by atoms with van der Waals surface area (Å²) in [7, 11) is -3.81. The monoisotopic (exact) mass is 415 g/mol. The standard InChI is InChI=1S/C20H25N5O3S/c1-2-25(12-14-8-10-28-11-9-14)20-17-16(22-13-23-20)18(19(21)24-17)29(26,27)15-6-4-3-5-7-15/h3-7,13-14,24H,2,8-12,21H2,1H3. The molecule has 2 aromatic heterocycles. The predicted octanol–water partition coefficient (Wildman–Crippen LogP) is 2.63. The Morgan fingerprint density at radius 3 is 2.62 bits per heavy atom. The molecule has 0 spiro atoms. The molecular weight excluding hydrogens is 390 g/mol. The highest BCUT2D eigenvalue weighted by atomic mass is 32.2. The first-order valence-corrected chi connectivity index (χ1v) is 11.3. The van der Waals surface area contributed by atoms with E-state index in [0.29, 0.717) is 22.8 Å². The number of nitrogens with one attached hydrogen (secondary N) is 1. The highest BCUT2D eigenvalue weighted by Gasteiger charge is 2.29. The number of nitrogens with two attached hydrogens (primary N) is 1. The van der Waals surface area contributed by atoms with Crippen LogP contribution in [-0.4, -0.2) is 49.7 Å². The third kappa shape index (κ3) is 3.67. The Hall–Kier alpha value is -2.65. The molecule has 3 aromatic rings. The fraction of sp³-hybridized carbons (Fsp3) is 0.400. The van der Waals surface area contributed by atoms with E-state index >= 15 is 0 Å². The highest BCUT2D eigenvalue weighted by Crippen LogP contribution is 2.35. The molecule has 3 heterocycles. The van der Waals surface area contributed by atoms with Gasteiger partial charge in [-0.1, -0.05) is 18.2 Å². The number of anilines is 2. The van der Waals surface area contributed by atoms with Crippen molar-refractivity contribution in [1.29, 1.82) is 0 Å². The van der Waals surface area contributed by atoms with Gasteiger partial charge in [0, 0.05) is 26.3 Å². The number of nitrogen functional groups attached to an aromatic ring is 1. The molecule has 0 amide bonds. The Balaban J connectivity index is 1.78. The van der Waals surface area contributed by atoms with Gasteiger partial charge in [0.2, 0.25) is 9.84 Å². The second kappa shape index (κ2) is 8.00.